The standard InChI is InChI=1S/C14H22N2O/c1-2-12-3-5-14(6-4-12)16-9-7-13(8-10-16)11-17-15/h3-6,13H,2,7-11,15H2,1H3. The highest BCUT2D eigenvalue weighted by Crippen LogP contribution is 2.23. The van der Waals surface area contributed by atoms with Crippen LogP contribution in [-0.4, -0.2) is 19.7 Å². The minimum absolute atomic E-state index is 0.631. The maximum atomic E-state index is 5.12. The van der Waals surface area contributed by atoms with Gasteiger partial charge in [-0.15, -0.1) is 0 Å². The molecule has 1 fully saturated rings. The molecule has 1 aliphatic rings. The van der Waals surface area contributed by atoms with Gasteiger partial charge in [0, 0.05) is 18.8 Å². The predicted molar refractivity (Wildman–Crippen MR) is 70.9 cm³/mol. The number of nitrogens with zero attached hydrogens (tertiary/aromatic N) is 1. The fraction of sp³-hybridized carbons (Fsp3) is 0.571. The molecule has 1 aromatic carbocycles. The van der Waals surface area contributed by atoms with Crippen molar-refractivity contribution in [3.05, 3.63) is 29.8 Å². The lowest BCUT2D eigenvalue weighted by Crippen LogP contribution is -2.35. The zero-order valence-corrected chi connectivity index (χ0v) is 10.6. The molecule has 0 spiro atoms. The van der Waals surface area contributed by atoms with E-state index in [1.807, 2.05) is 0 Å². The average molecular weight is 234 g/mol. The minimum atomic E-state index is 0.631. The molecule has 0 aromatic heterocycles. The summed E-state index contributed by atoms with van der Waals surface area (Å²) in [5, 5.41) is 0. The molecule has 1 aliphatic heterocycles. The summed E-state index contributed by atoms with van der Waals surface area (Å²) in [6.45, 7) is 5.11. The minimum Gasteiger partial charge on any atom is -0.372 e. The largest absolute Gasteiger partial charge is 0.372 e. The van der Waals surface area contributed by atoms with Gasteiger partial charge in [-0.05, 0) is 42.9 Å². The average Bonchev–Trinajstić information content (AvgIpc) is 2.40. The van der Waals surface area contributed by atoms with Crippen LogP contribution in [0.3, 0.4) is 0 Å². The fourth-order valence-corrected chi connectivity index (χ4v) is 2.44. The summed E-state index contributed by atoms with van der Waals surface area (Å²) in [7, 11) is 0. The summed E-state index contributed by atoms with van der Waals surface area (Å²) in [4.78, 5) is 7.18. The zero-order valence-electron chi connectivity index (χ0n) is 10.6. The smallest absolute Gasteiger partial charge is 0.0708 e. The Balaban J connectivity index is 1.91. The molecular weight excluding hydrogens is 212 g/mol. The maximum Gasteiger partial charge on any atom is 0.0708 e. The molecule has 0 aliphatic carbocycles. The molecule has 1 saturated heterocycles. The van der Waals surface area contributed by atoms with Gasteiger partial charge in [-0.25, -0.2) is 5.90 Å². The summed E-state index contributed by atoms with van der Waals surface area (Å²) in [5.74, 6) is 5.75. The van der Waals surface area contributed by atoms with Crippen molar-refractivity contribution >= 4 is 5.69 Å². The number of piperidine rings is 1. The van der Waals surface area contributed by atoms with E-state index in [1.54, 1.807) is 0 Å². The molecular formula is C14H22N2O. The highest BCUT2D eigenvalue weighted by Gasteiger charge is 2.19. The molecule has 2 N–H and O–H groups in total. The molecule has 3 nitrogen and oxygen atoms in total. The molecule has 1 heterocycles. The molecule has 0 bridgehead atoms. The quantitative estimate of drug-likeness (QED) is 0.813. The van der Waals surface area contributed by atoms with E-state index in [1.165, 1.54) is 24.1 Å². The van der Waals surface area contributed by atoms with Gasteiger partial charge in [0.25, 0.3) is 0 Å². The van der Waals surface area contributed by atoms with Gasteiger partial charge in [-0.1, -0.05) is 19.1 Å². The molecule has 1 aromatic rings. The molecule has 0 atom stereocenters. The first-order valence-corrected chi connectivity index (χ1v) is 6.49. The Bertz CT molecular complexity index is 329. The van der Waals surface area contributed by atoms with E-state index in [2.05, 4.69) is 36.1 Å². The van der Waals surface area contributed by atoms with Crippen LogP contribution in [0.25, 0.3) is 0 Å². The van der Waals surface area contributed by atoms with Gasteiger partial charge in [0.2, 0.25) is 0 Å². The van der Waals surface area contributed by atoms with Gasteiger partial charge in [0.15, 0.2) is 0 Å². The second kappa shape index (κ2) is 6.03. The lowest BCUT2D eigenvalue weighted by molar-refractivity contribution is 0.0918. The van der Waals surface area contributed by atoms with E-state index in [0.29, 0.717) is 12.5 Å². The number of aryl methyl sites for hydroxylation is 1. The van der Waals surface area contributed by atoms with Crippen molar-refractivity contribution in [2.45, 2.75) is 26.2 Å². The summed E-state index contributed by atoms with van der Waals surface area (Å²) in [6, 6.07) is 8.92. The van der Waals surface area contributed by atoms with Crippen LogP contribution in [-0.2, 0) is 11.3 Å². The lowest BCUT2D eigenvalue weighted by Gasteiger charge is -2.33. The summed E-state index contributed by atoms with van der Waals surface area (Å²) in [5.41, 5.74) is 2.74. The number of hydrogen-bond acceptors (Lipinski definition) is 3. The van der Waals surface area contributed by atoms with E-state index in [-0.39, 0.29) is 0 Å². The van der Waals surface area contributed by atoms with Gasteiger partial charge >= 0.3 is 0 Å². The predicted octanol–water partition coefficient (Wildman–Crippen LogP) is 2.36. The number of hydrogen-bond donors (Lipinski definition) is 1. The second-order valence-corrected chi connectivity index (χ2v) is 4.78. The van der Waals surface area contributed by atoms with Crippen LogP contribution in [0.15, 0.2) is 24.3 Å². The highest BCUT2D eigenvalue weighted by molar-refractivity contribution is 5.47. The summed E-state index contributed by atoms with van der Waals surface area (Å²) in [6.07, 6.45) is 3.45. The molecule has 0 radical (unpaired) electrons. The van der Waals surface area contributed by atoms with Gasteiger partial charge in [-0.2, -0.15) is 0 Å². The van der Waals surface area contributed by atoms with Gasteiger partial charge in [0.1, 0.15) is 0 Å². The Kier molecular flexibility index (Phi) is 4.40. The second-order valence-electron chi connectivity index (χ2n) is 4.78. The Labute approximate surface area is 104 Å². The number of anilines is 1. The van der Waals surface area contributed by atoms with E-state index in [9.17, 15) is 0 Å². The number of benzene rings is 1. The zero-order chi connectivity index (χ0) is 12.1. The summed E-state index contributed by atoms with van der Waals surface area (Å²) < 4.78 is 0. The van der Waals surface area contributed by atoms with Crippen LogP contribution in [0.4, 0.5) is 5.69 Å². The molecule has 0 unspecified atom stereocenters. The fourth-order valence-electron chi connectivity index (χ4n) is 2.44. The molecule has 17 heavy (non-hydrogen) atoms. The Morgan fingerprint density at radius 3 is 2.41 bits per heavy atom. The Hall–Kier alpha value is -1.06. The first kappa shape index (κ1) is 12.4. The first-order valence-electron chi connectivity index (χ1n) is 6.49. The van der Waals surface area contributed by atoms with Crippen LogP contribution < -0.4 is 10.8 Å². The van der Waals surface area contributed by atoms with E-state index < -0.39 is 0 Å². The van der Waals surface area contributed by atoms with Crippen LogP contribution in [0.2, 0.25) is 0 Å². The Morgan fingerprint density at radius 1 is 1.24 bits per heavy atom. The normalized spacial score (nSPS) is 17.4. The Morgan fingerprint density at radius 2 is 1.88 bits per heavy atom. The number of rotatable bonds is 4. The molecule has 0 saturated carbocycles. The van der Waals surface area contributed by atoms with Crippen molar-refractivity contribution in [1.29, 1.82) is 0 Å². The molecule has 0 amide bonds. The van der Waals surface area contributed by atoms with E-state index in [0.717, 1.165) is 19.5 Å². The maximum absolute atomic E-state index is 5.12. The van der Waals surface area contributed by atoms with Gasteiger partial charge < -0.3 is 9.74 Å². The first-order chi connectivity index (χ1) is 8.33. The van der Waals surface area contributed by atoms with Crippen LogP contribution >= 0.6 is 0 Å². The van der Waals surface area contributed by atoms with E-state index >= 15 is 0 Å². The van der Waals surface area contributed by atoms with Crippen molar-refractivity contribution < 1.29 is 4.84 Å². The topological polar surface area (TPSA) is 38.5 Å². The molecule has 2 rings (SSSR count). The van der Waals surface area contributed by atoms with Crippen molar-refractivity contribution in [1.82, 2.24) is 0 Å². The monoisotopic (exact) mass is 234 g/mol. The van der Waals surface area contributed by atoms with Crippen LogP contribution in [0, 0.1) is 5.92 Å². The third-order valence-corrected chi connectivity index (χ3v) is 3.66. The summed E-state index contributed by atoms with van der Waals surface area (Å²) >= 11 is 0. The lowest BCUT2D eigenvalue weighted by atomic mass is 9.97. The van der Waals surface area contributed by atoms with Crippen molar-refractivity contribution in [3.63, 3.8) is 0 Å². The van der Waals surface area contributed by atoms with Gasteiger partial charge in [-0.3, -0.25) is 0 Å². The van der Waals surface area contributed by atoms with Crippen LogP contribution in [0.1, 0.15) is 25.3 Å². The number of nitrogens with two attached hydrogens (primary N) is 1. The van der Waals surface area contributed by atoms with Gasteiger partial charge in [0.05, 0.1) is 6.61 Å². The van der Waals surface area contributed by atoms with Crippen molar-refractivity contribution in [3.8, 4) is 0 Å². The van der Waals surface area contributed by atoms with Crippen LogP contribution in [0.5, 0.6) is 0 Å². The molecule has 94 valence electrons. The molecule has 3 heteroatoms. The SMILES string of the molecule is CCc1ccc(N2CCC(CON)CC2)cc1. The van der Waals surface area contributed by atoms with E-state index in [4.69, 9.17) is 10.7 Å². The third-order valence-electron chi connectivity index (χ3n) is 3.66. The van der Waals surface area contributed by atoms with Crippen molar-refractivity contribution in [2.24, 2.45) is 11.8 Å². The van der Waals surface area contributed by atoms with Crippen molar-refractivity contribution in [2.75, 3.05) is 24.6 Å². The highest BCUT2D eigenvalue weighted by atomic mass is 16.6. The third kappa shape index (κ3) is 3.20.